The van der Waals surface area contributed by atoms with E-state index in [4.69, 9.17) is 16.7 Å². The van der Waals surface area contributed by atoms with Crippen molar-refractivity contribution in [1.29, 1.82) is 0 Å². The second kappa shape index (κ2) is 4.84. The second-order valence-corrected chi connectivity index (χ2v) is 3.60. The van der Waals surface area contributed by atoms with Crippen LogP contribution in [0.4, 0.5) is 5.69 Å². The molecule has 0 aliphatic carbocycles. The quantitative estimate of drug-likeness (QED) is 0.775. The van der Waals surface area contributed by atoms with Crippen molar-refractivity contribution in [2.75, 3.05) is 5.32 Å². The van der Waals surface area contributed by atoms with Gasteiger partial charge in [0, 0.05) is 16.8 Å². The van der Waals surface area contributed by atoms with Crippen LogP contribution in [0.2, 0.25) is 5.02 Å². The van der Waals surface area contributed by atoms with Crippen LogP contribution in [0.5, 0.6) is 0 Å². The number of aromatic carboxylic acids is 1. The van der Waals surface area contributed by atoms with Crippen molar-refractivity contribution in [3.05, 3.63) is 41.4 Å². The normalized spacial score (nSPS) is 11.9. The lowest BCUT2D eigenvalue weighted by Gasteiger charge is -2.13. The van der Waals surface area contributed by atoms with E-state index in [0.717, 1.165) is 0 Å². The third kappa shape index (κ3) is 2.99. The Morgan fingerprint density at radius 2 is 2.33 bits per heavy atom. The van der Waals surface area contributed by atoms with Gasteiger partial charge in [-0.1, -0.05) is 17.7 Å². The lowest BCUT2D eigenvalue weighted by molar-refractivity contribution is 0.0698. The van der Waals surface area contributed by atoms with Gasteiger partial charge in [0.2, 0.25) is 0 Å². The highest BCUT2D eigenvalue weighted by Gasteiger charge is 2.11. The molecule has 4 heteroatoms. The molecule has 1 atom stereocenters. The minimum absolute atomic E-state index is 0.00396. The van der Waals surface area contributed by atoms with Crippen molar-refractivity contribution >= 4 is 23.3 Å². The van der Waals surface area contributed by atoms with Crippen LogP contribution >= 0.6 is 11.6 Å². The number of hydrogen-bond donors (Lipinski definition) is 2. The predicted octanol–water partition coefficient (Wildman–Crippen LogP) is 3.02. The minimum Gasteiger partial charge on any atom is -0.478 e. The number of rotatable bonds is 4. The van der Waals surface area contributed by atoms with E-state index in [1.54, 1.807) is 18.2 Å². The van der Waals surface area contributed by atoms with Crippen molar-refractivity contribution in [3.63, 3.8) is 0 Å². The molecule has 0 amide bonds. The van der Waals surface area contributed by atoms with Gasteiger partial charge in [0.15, 0.2) is 0 Å². The van der Waals surface area contributed by atoms with Crippen molar-refractivity contribution in [2.24, 2.45) is 0 Å². The van der Waals surface area contributed by atoms with E-state index < -0.39 is 5.97 Å². The number of nitrogens with one attached hydrogen (secondary N) is 1. The van der Waals surface area contributed by atoms with Gasteiger partial charge in [-0.25, -0.2) is 4.79 Å². The number of anilines is 1. The molecular formula is C11H12ClNO2. The number of carboxylic acid groups (broad SMARTS) is 1. The lowest BCUT2D eigenvalue weighted by Crippen LogP contribution is -2.14. The summed E-state index contributed by atoms with van der Waals surface area (Å²) in [5, 5.41) is 12.4. The van der Waals surface area contributed by atoms with E-state index in [0.29, 0.717) is 10.7 Å². The molecule has 1 rings (SSSR count). The summed E-state index contributed by atoms with van der Waals surface area (Å²) in [4.78, 5) is 10.9. The average molecular weight is 226 g/mol. The van der Waals surface area contributed by atoms with Crippen LogP contribution in [0.1, 0.15) is 17.3 Å². The standard InChI is InChI=1S/C11H12ClNO2/c1-3-7(2)13-10-5-4-8(12)6-9(10)11(14)15/h3-7,13H,1H2,2H3,(H,14,15). The first-order valence-electron chi connectivity index (χ1n) is 4.46. The summed E-state index contributed by atoms with van der Waals surface area (Å²) in [6, 6.07) is 4.71. The summed E-state index contributed by atoms with van der Waals surface area (Å²) in [6.45, 7) is 5.50. The van der Waals surface area contributed by atoms with Crippen molar-refractivity contribution in [1.82, 2.24) is 0 Å². The maximum Gasteiger partial charge on any atom is 0.337 e. The highest BCUT2D eigenvalue weighted by molar-refractivity contribution is 6.31. The Morgan fingerprint density at radius 3 is 2.87 bits per heavy atom. The molecule has 0 aromatic heterocycles. The number of hydrogen-bond acceptors (Lipinski definition) is 2. The fraction of sp³-hybridized carbons (Fsp3) is 0.182. The Kier molecular flexibility index (Phi) is 3.74. The van der Waals surface area contributed by atoms with E-state index >= 15 is 0 Å². The third-order valence-corrected chi connectivity index (χ3v) is 2.18. The van der Waals surface area contributed by atoms with Gasteiger partial charge in [-0.3, -0.25) is 0 Å². The van der Waals surface area contributed by atoms with Crippen LogP contribution in [0, 0.1) is 0 Å². The summed E-state index contributed by atoms with van der Waals surface area (Å²) >= 11 is 5.72. The van der Waals surface area contributed by atoms with Crippen LogP contribution in [0.15, 0.2) is 30.9 Å². The van der Waals surface area contributed by atoms with Gasteiger partial charge in [0.25, 0.3) is 0 Å². The first-order valence-corrected chi connectivity index (χ1v) is 4.84. The van der Waals surface area contributed by atoms with Gasteiger partial charge in [-0.05, 0) is 25.1 Å². The first kappa shape index (κ1) is 11.6. The third-order valence-electron chi connectivity index (χ3n) is 1.95. The number of benzene rings is 1. The van der Waals surface area contributed by atoms with Gasteiger partial charge in [-0.15, -0.1) is 6.58 Å². The predicted molar refractivity (Wildman–Crippen MR) is 61.7 cm³/mol. The van der Waals surface area contributed by atoms with Gasteiger partial charge < -0.3 is 10.4 Å². The van der Waals surface area contributed by atoms with Crippen molar-refractivity contribution in [3.8, 4) is 0 Å². The Balaban J connectivity index is 3.05. The van der Waals surface area contributed by atoms with Gasteiger partial charge in [-0.2, -0.15) is 0 Å². The van der Waals surface area contributed by atoms with Gasteiger partial charge in [0.1, 0.15) is 0 Å². The summed E-state index contributed by atoms with van der Waals surface area (Å²) in [6.07, 6.45) is 1.69. The fourth-order valence-electron chi connectivity index (χ4n) is 1.12. The SMILES string of the molecule is C=CC(C)Nc1ccc(Cl)cc1C(=O)O. The highest BCUT2D eigenvalue weighted by atomic mass is 35.5. The summed E-state index contributed by atoms with van der Waals surface area (Å²) in [5.41, 5.74) is 0.704. The van der Waals surface area contributed by atoms with E-state index in [-0.39, 0.29) is 11.6 Å². The lowest BCUT2D eigenvalue weighted by atomic mass is 10.1. The Bertz CT molecular complexity index is 390. The second-order valence-electron chi connectivity index (χ2n) is 3.16. The van der Waals surface area contributed by atoms with Gasteiger partial charge in [0.05, 0.1) is 5.56 Å². The van der Waals surface area contributed by atoms with Crippen molar-refractivity contribution < 1.29 is 9.90 Å². The molecule has 0 aliphatic rings. The topological polar surface area (TPSA) is 49.3 Å². The van der Waals surface area contributed by atoms with Crippen LogP contribution in [-0.2, 0) is 0 Å². The molecule has 0 saturated heterocycles. The van der Waals surface area contributed by atoms with Crippen LogP contribution in [0.3, 0.4) is 0 Å². The zero-order valence-electron chi connectivity index (χ0n) is 8.33. The monoisotopic (exact) mass is 225 g/mol. The maximum absolute atomic E-state index is 10.9. The fourth-order valence-corrected chi connectivity index (χ4v) is 1.30. The molecule has 15 heavy (non-hydrogen) atoms. The Labute approximate surface area is 93.4 Å². The molecule has 0 aliphatic heterocycles. The number of carboxylic acids is 1. The first-order chi connectivity index (χ1) is 7.04. The largest absolute Gasteiger partial charge is 0.478 e. The number of carbonyl (C=O) groups is 1. The molecular weight excluding hydrogens is 214 g/mol. The number of halogens is 1. The molecule has 0 saturated carbocycles. The smallest absolute Gasteiger partial charge is 0.337 e. The summed E-state index contributed by atoms with van der Waals surface area (Å²) < 4.78 is 0. The van der Waals surface area contributed by atoms with E-state index in [2.05, 4.69) is 11.9 Å². The Hall–Kier alpha value is -1.48. The molecule has 0 bridgehead atoms. The zero-order chi connectivity index (χ0) is 11.4. The zero-order valence-corrected chi connectivity index (χ0v) is 9.08. The summed E-state index contributed by atoms with van der Waals surface area (Å²) in [5.74, 6) is -1.00. The van der Waals surface area contributed by atoms with Crippen LogP contribution in [0.25, 0.3) is 0 Å². The molecule has 0 heterocycles. The molecule has 80 valence electrons. The summed E-state index contributed by atoms with van der Waals surface area (Å²) in [7, 11) is 0. The van der Waals surface area contributed by atoms with Crippen LogP contribution in [-0.4, -0.2) is 17.1 Å². The minimum atomic E-state index is -1.00. The van der Waals surface area contributed by atoms with E-state index in [9.17, 15) is 4.79 Å². The molecule has 1 aromatic rings. The van der Waals surface area contributed by atoms with Gasteiger partial charge >= 0.3 is 5.97 Å². The molecule has 0 radical (unpaired) electrons. The maximum atomic E-state index is 10.9. The van der Waals surface area contributed by atoms with Crippen molar-refractivity contribution in [2.45, 2.75) is 13.0 Å². The molecule has 0 spiro atoms. The molecule has 2 N–H and O–H groups in total. The molecule has 1 unspecified atom stereocenters. The van der Waals surface area contributed by atoms with E-state index in [1.165, 1.54) is 6.07 Å². The van der Waals surface area contributed by atoms with E-state index in [1.807, 2.05) is 6.92 Å². The Morgan fingerprint density at radius 1 is 1.67 bits per heavy atom. The van der Waals surface area contributed by atoms with Crippen LogP contribution < -0.4 is 5.32 Å². The molecule has 0 fully saturated rings. The molecule has 3 nitrogen and oxygen atoms in total. The highest BCUT2D eigenvalue weighted by Crippen LogP contribution is 2.21. The molecule has 1 aromatic carbocycles. The average Bonchev–Trinajstić information content (AvgIpc) is 2.20.